The van der Waals surface area contributed by atoms with Crippen LogP contribution in [0.15, 0.2) is 41.1 Å². The summed E-state index contributed by atoms with van der Waals surface area (Å²) in [5, 5.41) is 8.42. The van der Waals surface area contributed by atoms with E-state index in [1.807, 2.05) is 18.2 Å². The maximum atomic E-state index is 5.82. The molecule has 0 fully saturated rings. The summed E-state index contributed by atoms with van der Waals surface area (Å²) in [6.45, 7) is 6.23. The highest BCUT2D eigenvalue weighted by Crippen LogP contribution is 2.11. The van der Waals surface area contributed by atoms with Crippen LogP contribution in [0.3, 0.4) is 0 Å². The maximum absolute atomic E-state index is 5.82. The van der Waals surface area contributed by atoms with Crippen LogP contribution >= 0.6 is 15.9 Å². The second kappa shape index (κ2) is 9.80. The van der Waals surface area contributed by atoms with E-state index in [4.69, 9.17) is 9.47 Å². The molecular weight excluding hydrogens is 358 g/mol. The molecule has 0 N–H and O–H groups in total. The summed E-state index contributed by atoms with van der Waals surface area (Å²) in [7, 11) is 0. The summed E-state index contributed by atoms with van der Waals surface area (Å²) >= 11 is 3.30. The summed E-state index contributed by atoms with van der Waals surface area (Å²) in [5.74, 6) is 0. The van der Waals surface area contributed by atoms with Gasteiger partial charge in [-0.25, -0.2) is 0 Å². The molecule has 2 unspecified atom stereocenters. The van der Waals surface area contributed by atoms with Gasteiger partial charge in [0.25, 0.3) is 0 Å². The van der Waals surface area contributed by atoms with Crippen LogP contribution in [0.4, 0.5) is 0 Å². The number of nitrogens with zero attached hydrogens (tertiary/aromatic N) is 3. The predicted octanol–water partition coefficient (Wildman–Crippen LogP) is 4.00. The molecule has 2 rings (SSSR count). The molecule has 23 heavy (non-hydrogen) atoms. The molecule has 0 aliphatic rings. The third-order valence-electron chi connectivity index (χ3n) is 3.60. The molecule has 0 radical (unpaired) electrons. The third kappa shape index (κ3) is 6.81. The second-order valence-electron chi connectivity index (χ2n) is 5.63. The molecule has 0 saturated heterocycles. The SMILES string of the molecule is CC(CCOCCC(C)n1ncc(Br)n1)OCc1ccccc1. The predicted molar refractivity (Wildman–Crippen MR) is 93.2 cm³/mol. The minimum absolute atomic E-state index is 0.191. The van der Waals surface area contributed by atoms with Gasteiger partial charge in [0.2, 0.25) is 0 Å². The van der Waals surface area contributed by atoms with Crippen LogP contribution in [0.25, 0.3) is 0 Å². The van der Waals surface area contributed by atoms with Gasteiger partial charge >= 0.3 is 0 Å². The molecule has 1 heterocycles. The fraction of sp³-hybridized carbons (Fsp3) is 0.529. The Bertz CT molecular complexity index is 562. The minimum Gasteiger partial charge on any atom is -0.381 e. The summed E-state index contributed by atoms with van der Waals surface area (Å²) < 4.78 is 12.3. The fourth-order valence-electron chi connectivity index (χ4n) is 2.09. The van der Waals surface area contributed by atoms with Gasteiger partial charge in [-0.2, -0.15) is 9.90 Å². The van der Waals surface area contributed by atoms with Crippen molar-refractivity contribution in [3.63, 3.8) is 0 Å². The Hall–Kier alpha value is -1.24. The van der Waals surface area contributed by atoms with Crippen molar-refractivity contribution in [1.29, 1.82) is 0 Å². The van der Waals surface area contributed by atoms with Crippen molar-refractivity contribution in [1.82, 2.24) is 15.0 Å². The normalized spacial score (nSPS) is 13.9. The smallest absolute Gasteiger partial charge is 0.148 e. The highest BCUT2D eigenvalue weighted by atomic mass is 79.9. The lowest BCUT2D eigenvalue weighted by atomic mass is 10.2. The van der Waals surface area contributed by atoms with Gasteiger partial charge < -0.3 is 9.47 Å². The first-order valence-electron chi connectivity index (χ1n) is 7.95. The Morgan fingerprint density at radius 3 is 2.57 bits per heavy atom. The number of hydrogen-bond donors (Lipinski definition) is 0. The lowest BCUT2D eigenvalue weighted by Crippen LogP contribution is -2.14. The molecule has 2 aromatic rings. The number of ether oxygens (including phenoxy) is 2. The zero-order chi connectivity index (χ0) is 16.5. The van der Waals surface area contributed by atoms with Crippen LogP contribution in [0.5, 0.6) is 0 Å². The van der Waals surface area contributed by atoms with Crippen molar-refractivity contribution in [3.05, 3.63) is 46.7 Å². The van der Waals surface area contributed by atoms with E-state index in [2.05, 4.69) is 52.1 Å². The van der Waals surface area contributed by atoms with Gasteiger partial charge in [0, 0.05) is 13.2 Å². The average molecular weight is 382 g/mol. The van der Waals surface area contributed by atoms with E-state index in [0.717, 1.165) is 17.4 Å². The molecule has 0 aliphatic carbocycles. The highest BCUT2D eigenvalue weighted by Gasteiger charge is 2.08. The molecule has 2 atom stereocenters. The zero-order valence-electron chi connectivity index (χ0n) is 13.7. The minimum atomic E-state index is 0.191. The average Bonchev–Trinajstić information content (AvgIpc) is 3.00. The van der Waals surface area contributed by atoms with Gasteiger partial charge in [-0.1, -0.05) is 30.3 Å². The molecule has 1 aromatic heterocycles. The van der Waals surface area contributed by atoms with Crippen molar-refractivity contribution < 1.29 is 9.47 Å². The quantitative estimate of drug-likeness (QED) is 0.583. The Kier molecular flexibility index (Phi) is 7.71. The molecule has 0 bridgehead atoms. The Morgan fingerprint density at radius 1 is 1.13 bits per heavy atom. The van der Waals surface area contributed by atoms with Gasteiger partial charge in [-0.15, -0.1) is 5.10 Å². The van der Waals surface area contributed by atoms with Gasteiger partial charge in [-0.05, 0) is 48.2 Å². The van der Waals surface area contributed by atoms with Gasteiger partial charge in [0.05, 0.1) is 24.9 Å². The molecule has 6 heteroatoms. The van der Waals surface area contributed by atoms with Crippen LogP contribution in [0.1, 0.15) is 38.3 Å². The number of halogens is 1. The van der Waals surface area contributed by atoms with Gasteiger partial charge in [0.15, 0.2) is 0 Å². The first kappa shape index (κ1) is 18.1. The fourth-order valence-corrected chi connectivity index (χ4v) is 2.34. The number of benzene rings is 1. The number of hydrogen-bond acceptors (Lipinski definition) is 4. The largest absolute Gasteiger partial charge is 0.381 e. The van der Waals surface area contributed by atoms with E-state index in [1.54, 1.807) is 11.0 Å². The first-order valence-corrected chi connectivity index (χ1v) is 8.75. The third-order valence-corrected chi connectivity index (χ3v) is 3.96. The summed E-state index contributed by atoms with van der Waals surface area (Å²) in [5.41, 5.74) is 1.20. The molecule has 0 saturated carbocycles. The van der Waals surface area contributed by atoms with Crippen LogP contribution in [-0.4, -0.2) is 34.3 Å². The monoisotopic (exact) mass is 381 g/mol. The first-order chi connectivity index (χ1) is 11.1. The zero-order valence-corrected chi connectivity index (χ0v) is 15.3. The molecule has 0 aliphatic heterocycles. The topological polar surface area (TPSA) is 49.2 Å². The van der Waals surface area contributed by atoms with E-state index in [0.29, 0.717) is 19.8 Å². The van der Waals surface area contributed by atoms with Gasteiger partial charge in [-0.3, -0.25) is 0 Å². The van der Waals surface area contributed by atoms with Crippen molar-refractivity contribution in [3.8, 4) is 0 Å². The van der Waals surface area contributed by atoms with E-state index in [-0.39, 0.29) is 12.1 Å². The highest BCUT2D eigenvalue weighted by molar-refractivity contribution is 9.10. The Labute approximate surface area is 146 Å². The maximum Gasteiger partial charge on any atom is 0.148 e. The van der Waals surface area contributed by atoms with E-state index in [9.17, 15) is 0 Å². The summed E-state index contributed by atoms with van der Waals surface area (Å²) in [6.07, 6.45) is 3.67. The Balaban J connectivity index is 1.53. The van der Waals surface area contributed by atoms with E-state index >= 15 is 0 Å². The lowest BCUT2D eigenvalue weighted by molar-refractivity contribution is 0.0203. The number of rotatable bonds is 10. The second-order valence-corrected chi connectivity index (χ2v) is 6.45. The molecular formula is C17H24BrN3O2. The van der Waals surface area contributed by atoms with Crippen LogP contribution in [0, 0.1) is 0 Å². The molecule has 0 spiro atoms. The van der Waals surface area contributed by atoms with Crippen LogP contribution in [0.2, 0.25) is 0 Å². The Morgan fingerprint density at radius 2 is 1.87 bits per heavy atom. The number of aromatic nitrogens is 3. The van der Waals surface area contributed by atoms with Crippen molar-refractivity contribution in [2.75, 3.05) is 13.2 Å². The van der Waals surface area contributed by atoms with Gasteiger partial charge in [0.1, 0.15) is 4.60 Å². The van der Waals surface area contributed by atoms with Crippen LogP contribution in [-0.2, 0) is 16.1 Å². The molecule has 0 amide bonds. The molecule has 5 nitrogen and oxygen atoms in total. The van der Waals surface area contributed by atoms with E-state index < -0.39 is 0 Å². The van der Waals surface area contributed by atoms with E-state index in [1.165, 1.54) is 5.56 Å². The standard InChI is InChI=1S/C17H24BrN3O2/c1-14(21-19-12-17(18)20-21)8-10-22-11-9-15(2)23-13-16-6-4-3-5-7-16/h3-7,12,14-15H,8-11,13H2,1-2H3. The molecule has 126 valence electrons. The molecule has 1 aromatic carbocycles. The van der Waals surface area contributed by atoms with Crippen molar-refractivity contribution >= 4 is 15.9 Å². The van der Waals surface area contributed by atoms with Crippen LogP contribution < -0.4 is 0 Å². The van der Waals surface area contributed by atoms with Crippen molar-refractivity contribution in [2.24, 2.45) is 0 Å². The summed E-state index contributed by atoms with van der Waals surface area (Å²) in [6, 6.07) is 10.5. The lowest BCUT2D eigenvalue weighted by Gasteiger charge is -2.14. The van der Waals surface area contributed by atoms with Crippen molar-refractivity contribution in [2.45, 2.75) is 45.4 Å². The summed E-state index contributed by atoms with van der Waals surface area (Å²) in [4.78, 5) is 1.71.